The van der Waals surface area contributed by atoms with Crippen molar-refractivity contribution in [1.29, 1.82) is 0 Å². The molecule has 13 heteroatoms. The van der Waals surface area contributed by atoms with Gasteiger partial charge in [0.15, 0.2) is 18.9 Å². The summed E-state index contributed by atoms with van der Waals surface area (Å²) in [4.78, 5) is 0. The van der Waals surface area contributed by atoms with Crippen molar-refractivity contribution in [2.24, 2.45) is 0 Å². The second kappa shape index (κ2) is 20.7. The Morgan fingerprint density at radius 3 is 1.20 bits per heavy atom. The van der Waals surface area contributed by atoms with Gasteiger partial charge >= 0.3 is 0 Å². The van der Waals surface area contributed by atoms with Crippen molar-refractivity contribution < 1.29 is 61.9 Å². The molecule has 3 aliphatic rings. The molecule has 3 saturated heterocycles. The molecule has 3 heterocycles. The van der Waals surface area contributed by atoms with Crippen LogP contribution in [0.3, 0.4) is 0 Å². The fourth-order valence-corrected chi connectivity index (χ4v) is 7.80. The Bertz CT molecular complexity index is 1550. The summed E-state index contributed by atoms with van der Waals surface area (Å²) < 4.78 is 76.6. The van der Waals surface area contributed by atoms with E-state index in [-0.39, 0.29) is 19.8 Å². The van der Waals surface area contributed by atoms with E-state index in [1.54, 1.807) is 21.3 Å². The quantitative estimate of drug-likeness (QED) is 0.202. The van der Waals surface area contributed by atoms with Crippen molar-refractivity contribution in [3.63, 3.8) is 0 Å². The normalized spacial score (nSPS) is 36.3. The van der Waals surface area contributed by atoms with E-state index in [1.165, 1.54) is 7.11 Å². The monoisotopic (exact) mass is 782 g/mol. The van der Waals surface area contributed by atoms with Crippen molar-refractivity contribution in [1.82, 2.24) is 0 Å². The average Bonchev–Trinajstić information content (AvgIpc) is 3.21. The van der Waals surface area contributed by atoms with Crippen LogP contribution in [0.15, 0.2) is 91.0 Å². The second-order valence-electron chi connectivity index (χ2n) is 14.4. The van der Waals surface area contributed by atoms with Crippen molar-refractivity contribution >= 4 is 0 Å². The molecule has 3 aliphatic heterocycles. The first-order chi connectivity index (χ1) is 27.3. The zero-order valence-corrected chi connectivity index (χ0v) is 33.3. The van der Waals surface area contributed by atoms with Gasteiger partial charge in [-0.15, -0.1) is 0 Å². The first-order valence-electron chi connectivity index (χ1n) is 19.3. The molecule has 0 unspecified atom stereocenters. The van der Waals surface area contributed by atoms with E-state index in [0.717, 1.165) is 16.7 Å². The lowest BCUT2D eigenvalue weighted by atomic mass is 9.95. The highest BCUT2D eigenvalue weighted by molar-refractivity contribution is 5.15. The third-order valence-electron chi connectivity index (χ3n) is 10.7. The van der Waals surface area contributed by atoms with Gasteiger partial charge in [-0.3, -0.25) is 0 Å². The Kier molecular flexibility index (Phi) is 15.8. The highest BCUT2D eigenvalue weighted by Gasteiger charge is 2.55. The van der Waals surface area contributed by atoms with E-state index in [1.807, 2.05) is 112 Å². The van der Waals surface area contributed by atoms with Crippen molar-refractivity contribution in [2.75, 3.05) is 28.4 Å². The zero-order valence-electron chi connectivity index (χ0n) is 33.3. The third-order valence-corrected chi connectivity index (χ3v) is 10.7. The number of methoxy groups -OCH3 is 4. The van der Waals surface area contributed by atoms with E-state index in [0.29, 0.717) is 0 Å². The van der Waals surface area contributed by atoms with Gasteiger partial charge < -0.3 is 61.9 Å². The maximum Gasteiger partial charge on any atom is 0.187 e. The molecule has 308 valence electrons. The second-order valence-corrected chi connectivity index (χ2v) is 14.4. The van der Waals surface area contributed by atoms with Gasteiger partial charge in [-0.25, -0.2) is 0 Å². The number of hydrogen-bond acceptors (Lipinski definition) is 13. The molecule has 56 heavy (non-hydrogen) atoms. The number of benzene rings is 3. The van der Waals surface area contributed by atoms with Gasteiger partial charge in [-0.05, 0) is 37.5 Å². The fraction of sp³-hybridized carbons (Fsp3) is 0.581. The molecular formula is C43H58O13. The first-order valence-corrected chi connectivity index (χ1v) is 19.3. The third kappa shape index (κ3) is 10.2. The maximum atomic E-state index is 11.1. The Morgan fingerprint density at radius 1 is 0.411 bits per heavy atom. The van der Waals surface area contributed by atoms with Crippen LogP contribution in [0.2, 0.25) is 0 Å². The van der Waals surface area contributed by atoms with E-state index in [4.69, 9.17) is 56.8 Å². The fourth-order valence-electron chi connectivity index (χ4n) is 7.80. The Balaban J connectivity index is 1.36. The molecule has 0 aliphatic carbocycles. The summed E-state index contributed by atoms with van der Waals surface area (Å²) in [7, 11) is 6.31. The molecule has 13 nitrogen and oxygen atoms in total. The van der Waals surface area contributed by atoms with Crippen molar-refractivity contribution in [2.45, 2.75) is 133 Å². The summed E-state index contributed by atoms with van der Waals surface area (Å²) in [6, 6.07) is 29.5. The number of rotatable bonds is 17. The molecule has 0 spiro atoms. The minimum Gasteiger partial charge on any atom is -0.376 e. The Hall–Kier alpha value is -2.86. The summed E-state index contributed by atoms with van der Waals surface area (Å²) in [6.07, 6.45) is -11.3. The van der Waals surface area contributed by atoms with E-state index >= 15 is 0 Å². The van der Waals surface area contributed by atoms with Crippen molar-refractivity contribution in [3.05, 3.63) is 108 Å². The summed E-state index contributed by atoms with van der Waals surface area (Å²) in [5, 5.41) is 11.1. The summed E-state index contributed by atoms with van der Waals surface area (Å²) in [5.41, 5.74) is 2.88. The van der Waals surface area contributed by atoms with Crippen LogP contribution in [0.5, 0.6) is 0 Å². The smallest absolute Gasteiger partial charge is 0.187 e. The summed E-state index contributed by atoms with van der Waals surface area (Å²) >= 11 is 0. The predicted octanol–water partition coefficient (Wildman–Crippen LogP) is 4.80. The summed E-state index contributed by atoms with van der Waals surface area (Å²) in [6.45, 7) is 6.41. The zero-order chi connectivity index (χ0) is 39.6. The Labute approximate surface area is 330 Å². The predicted molar refractivity (Wildman–Crippen MR) is 203 cm³/mol. The lowest BCUT2D eigenvalue weighted by molar-refractivity contribution is -0.386. The van der Waals surface area contributed by atoms with Crippen LogP contribution < -0.4 is 0 Å². The maximum absolute atomic E-state index is 11.1. The minimum atomic E-state index is -1.30. The number of ether oxygens (including phenoxy) is 12. The molecular weight excluding hydrogens is 724 g/mol. The number of hydrogen-bond donors (Lipinski definition) is 1. The molecule has 0 saturated carbocycles. The lowest BCUT2D eigenvalue weighted by Crippen LogP contribution is -2.66. The highest BCUT2D eigenvalue weighted by atomic mass is 16.8. The molecule has 1 N–H and O–H groups in total. The minimum absolute atomic E-state index is 0.199. The Morgan fingerprint density at radius 2 is 0.768 bits per heavy atom. The van der Waals surface area contributed by atoms with Crippen LogP contribution in [0.1, 0.15) is 37.5 Å². The molecule has 3 aromatic carbocycles. The molecule has 3 aromatic rings. The number of aliphatic hydroxyl groups excluding tert-OH is 1. The van der Waals surface area contributed by atoms with Crippen LogP contribution in [0, 0.1) is 0 Å². The largest absolute Gasteiger partial charge is 0.376 e. The molecule has 6 rings (SSSR count). The van der Waals surface area contributed by atoms with Gasteiger partial charge in [0.2, 0.25) is 0 Å². The van der Waals surface area contributed by atoms with Crippen LogP contribution in [0.4, 0.5) is 0 Å². The van der Waals surface area contributed by atoms with E-state index < -0.39 is 92.1 Å². The van der Waals surface area contributed by atoms with Gasteiger partial charge in [-0.1, -0.05) is 91.0 Å². The molecule has 0 aromatic heterocycles. The van der Waals surface area contributed by atoms with Gasteiger partial charge in [0.1, 0.15) is 54.9 Å². The van der Waals surface area contributed by atoms with Gasteiger partial charge in [0, 0.05) is 28.4 Å². The topological polar surface area (TPSA) is 131 Å². The van der Waals surface area contributed by atoms with Gasteiger partial charge in [-0.2, -0.15) is 0 Å². The van der Waals surface area contributed by atoms with E-state index in [9.17, 15) is 5.11 Å². The van der Waals surface area contributed by atoms with Crippen molar-refractivity contribution in [3.8, 4) is 0 Å². The molecule has 0 bridgehead atoms. The number of aliphatic hydroxyl groups is 1. The molecule has 0 amide bonds. The average molecular weight is 783 g/mol. The first kappa shape index (κ1) is 42.7. The molecule has 3 fully saturated rings. The van der Waals surface area contributed by atoms with Crippen LogP contribution in [-0.4, -0.2) is 126 Å². The van der Waals surface area contributed by atoms with E-state index in [2.05, 4.69) is 0 Å². The summed E-state index contributed by atoms with van der Waals surface area (Å²) in [5.74, 6) is 0. The standard InChI is InChI=1S/C43H58O13/c1-26-32(45-4)35(46-5)39(48-7)42(53-26)56-37-34(50-24-30-19-13-9-14-20-30)28(3)54-43(40(37)51-25-31-21-15-10-16-22-31)55-36-33(27(2)52-41(44)38(36)47-6)49-23-29-17-11-8-12-18-29/h8-22,26-28,32-44H,23-25H2,1-7H3/t26-,27-,28-,32+,33-,34-,35+,36+,37+,38+,39-,40+,41+,42-,43-/m0/s1. The van der Waals surface area contributed by atoms with Crippen LogP contribution >= 0.6 is 0 Å². The molecule has 0 radical (unpaired) electrons. The SMILES string of the molecule is CO[C@H]1[C@H](OC)[C@H](O[C@@H]2[C@@H](OCc3ccccc3)[C@H](C)O[C@@H](O[C@@H]3[C@@H](OCc4ccccc4)[C@H](C)O[C@@H](O)[C@@H]3OC)[C@@H]2OCc2ccccc2)O[C@@H](C)[C@H]1OC. The van der Waals surface area contributed by atoms with Gasteiger partial charge in [0.25, 0.3) is 0 Å². The van der Waals surface area contributed by atoms with Crippen LogP contribution in [0.25, 0.3) is 0 Å². The highest BCUT2D eigenvalue weighted by Crippen LogP contribution is 2.37. The van der Waals surface area contributed by atoms with Gasteiger partial charge in [0.05, 0.1) is 38.1 Å². The molecule has 15 atom stereocenters. The lowest BCUT2D eigenvalue weighted by Gasteiger charge is -2.50. The van der Waals surface area contributed by atoms with Crippen LogP contribution in [-0.2, 0) is 76.7 Å².